The van der Waals surface area contributed by atoms with E-state index in [0.29, 0.717) is 27.3 Å². The number of rotatable bonds is 5. The normalized spacial score (nSPS) is 10.7. The Labute approximate surface area is 177 Å². The van der Waals surface area contributed by atoms with E-state index in [1.165, 1.54) is 11.3 Å². The van der Waals surface area contributed by atoms with Gasteiger partial charge in [-0.3, -0.25) is 9.78 Å². The van der Waals surface area contributed by atoms with Gasteiger partial charge in [-0.15, -0.1) is 11.3 Å². The summed E-state index contributed by atoms with van der Waals surface area (Å²) < 4.78 is 5.12. The van der Waals surface area contributed by atoms with Gasteiger partial charge in [0.15, 0.2) is 0 Å². The van der Waals surface area contributed by atoms with E-state index in [1.54, 1.807) is 31.5 Å². The summed E-state index contributed by atoms with van der Waals surface area (Å²) in [6, 6.07) is 14.7. The minimum absolute atomic E-state index is 0.269. The van der Waals surface area contributed by atoms with Gasteiger partial charge < -0.3 is 10.1 Å². The number of benzene rings is 1. The molecule has 6 nitrogen and oxygen atoms in total. The molecule has 0 spiro atoms. The molecule has 30 heavy (non-hydrogen) atoms. The smallest absolute Gasteiger partial charge is 0.341 e. The molecule has 0 atom stereocenters. The molecule has 1 N–H and O–H groups in total. The van der Waals surface area contributed by atoms with E-state index < -0.39 is 5.97 Å². The van der Waals surface area contributed by atoms with Gasteiger partial charge in [-0.2, -0.15) is 0 Å². The quantitative estimate of drug-likeness (QED) is 0.457. The van der Waals surface area contributed by atoms with E-state index in [-0.39, 0.29) is 12.5 Å². The summed E-state index contributed by atoms with van der Waals surface area (Å²) in [5.74, 6) is -0.759. The van der Waals surface area contributed by atoms with E-state index in [4.69, 9.17) is 9.72 Å². The third-order valence-electron chi connectivity index (χ3n) is 4.51. The largest absolute Gasteiger partial charge is 0.462 e. The number of aromatic nitrogens is 2. The van der Waals surface area contributed by atoms with Crippen LogP contribution in [0.2, 0.25) is 0 Å². The molecular formula is C23H19N3O3S. The number of hydrogen-bond acceptors (Lipinski definition) is 6. The lowest BCUT2D eigenvalue weighted by atomic mass is 10.0. The molecule has 150 valence electrons. The Morgan fingerprint density at radius 3 is 2.60 bits per heavy atom. The van der Waals surface area contributed by atoms with Crippen molar-refractivity contribution in [2.75, 3.05) is 11.9 Å². The van der Waals surface area contributed by atoms with E-state index in [0.717, 1.165) is 15.8 Å². The summed E-state index contributed by atoms with van der Waals surface area (Å²) in [6.45, 7) is 3.90. The Kier molecular flexibility index (Phi) is 5.54. The van der Waals surface area contributed by atoms with Gasteiger partial charge in [0.1, 0.15) is 5.00 Å². The van der Waals surface area contributed by atoms with Crippen molar-refractivity contribution in [1.82, 2.24) is 9.97 Å². The van der Waals surface area contributed by atoms with Crippen molar-refractivity contribution >= 4 is 39.1 Å². The highest BCUT2D eigenvalue weighted by Gasteiger charge is 2.20. The van der Waals surface area contributed by atoms with Crippen LogP contribution in [-0.2, 0) is 4.74 Å². The summed E-state index contributed by atoms with van der Waals surface area (Å²) in [7, 11) is 0. The number of anilines is 1. The zero-order chi connectivity index (χ0) is 21.1. The average molecular weight is 417 g/mol. The van der Waals surface area contributed by atoms with Crippen LogP contribution < -0.4 is 5.32 Å². The first-order valence-corrected chi connectivity index (χ1v) is 10.3. The topological polar surface area (TPSA) is 81.2 Å². The number of esters is 1. The second-order valence-electron chi connectivity index (χ2n) is 6.58. The second-order valence-corrected chi connectivity index (χ2v) is 7.84. The number of fused-ring (bicyclic) bond motifs is 1. The Hall–Kier alpha value is -3.58. The molecule has 1 amide bonds. The Morgan fingerprint density at radius 2 is 1.83 bits per heavy atom. The van der Waals surface area contributed by atoms with Crippen LogP contribution in [0.1, 0.15) is 32.5 Å². The minimum atomic E-state index is -0.450. The lowest BCUT2D eigenvalue weighted by Crippen LogP contribution is -2.15. The van der Waals surface area contributed by atoms with E-state index in [9.17, 15) is 9.59 Å². The predicted octanol–water partition coefficient (Wildman–Crippen LogP) is 5.10. The van der Waals surface area contributed by atoms with Crippen molar-refractivity contribution in [1.29, 1.82) is 0 Å². The number of amides is 1. The molecule has 4 aromatic rings. The van der Waals surface area contributed by atoms with E-state index >= 15 is 0 Å². The van der Waals surface area contributed by atoms with Gasteiger partial charge in [-0.1, -0.05) is 18.2 Å². The molecule has 3 heterocycles. The lowest BCUT2D eigenvalue weighted by Gasteiger charge is -2.11. The molecule has 0 unspecified atom stereocenters. The van der Waals surface area contributed by atoms with Crippen LogP contribution in [0.3, 0.4) is 0 Å². The zero-order valence-corrected chi connectivity index (χ0v) is 17.3. The fourth-order valence-corrected chi connectivity index (χ4v) is 4.07. The molecule has 1 aromatic carbocycles. The van der Waals surface area contributed by atoms with Gasteiger partial charge in [0, 0.05) is 28.2 Å². The van der Waals surface area contributed by atoms with Crippen LogP contribution in [0.25, 0.3) is 22.2 Å². The Bertz CT molecular complexity index is 1240. The standard InChI is InChI=1S/C23H19N3O3S/c1-3-29-23(28)18-12-14(2)30-22(18)26-21(27)17-13-20(15-8-10-24-11-9-15)25-19-7-5-4-6-16(17)19/h4-13H,3H2,1-2H3,(H,26,27). The first-order valence-electron chi connectivity index (χ1n) is 9.46. The summed E-state index contributed by atoms with van der Waals surface area (Å²) in [5, 5.41) is 4.11. The molecule has 0 aliphatic carbocycles. The molecule has 3 aromatic heterocycles. The van der Waals surface area contributed by atoms with Crippen LogP contribution in [0.4, 0.5) is 5.00 Å². The summed E-state index contributed by atoms with van der Waals surface area (Å²) >= 11 is 1.34. The maximum atomic E-state index is 13.3. The molecule has 0 aliphatic rings. The van der Waals surface area contributed by atoms with Gasteiger partial charge >= 0.3 is 5.97 Å². The molecule has 0 fully saturated rings. The van der Waals surface area contributed by atoms with Crippen LogP contribution in [0, 0.1) is 6.92 Å². The average Bonchev–Trinajstić information content (AvgIpc) is 3.13. The van der Waals surface area contributed by atoms with Crippen molar-refractivity contribution in [3.63, 3.8) is 0 Å². The van der Waals surface area contributed by atoms with E-state index in [2.05, 4.69) is 10.3 Å². The monoisotopic (exact) mass is 417 g/mol. The molecule has 0 bridgehead atoms. The Balaban J connectivity index is 1.76. The molecule has 0 aliphatic heterocycles. The van der Waals surface area contributed by atoms with Crippen LogP contribution in [0.15, 0.2) is 60.9 Å². The first-order chi connectivity index (χ1) is 14.6. The van der Waals surface area contributed by atoms with Crippen molar-refractivity contribution in [3.05, 3.63) is 76.9 Å². The lowest BCUT2D eigenvalue weighted by molar-refractivity contribution is 0.0528. The fourth-order valence-electron chi connectivity index (χ4n) is 3.17. The van der Waals surface area contributed by atoms with Crippen LogP contribution in [-0.4, -0.2) is 28.5 Å². The number of carbonyl (C=O) groups excluding carboxylic acids is 2. The molecule has 0 radical (unpaired) electrons. The van der Waals surface area contributed by atoms with Gasteiger partial charge in [0.05, 0.1) is 28.9 Å². The van der Waals surface area contributed by atoms with Crippen LogP contribution in [0.5, 0.6) is 0 Å². The minimum Gasteiger partial charge on any atom is -0.462 e. The van der Waals surface area contributed by atoms with Crippen molar-refractivity contribution in [3.8, 4) is 11.3 Å². The molecule has 0 saturated carbocycles. The number of pyridine rings is 2. The maximum absolute atomic E-state index is 13.3. The third-order valence-corrected chi connectivity index (χ3v) is 5.48. The van der Waals surface area contributed by atoms with Gasteiger partial charge in [-0.25, -0.2) is 9.78 Å². The number of aryl methyl sites for hydroxylation is 1. The zero-order valence-electron chi connectivity index (χ0n) is 16.5. The number of nitrogens with zero attached hydrogens (tertiary/aromatic N) is 2. The van der Waals surface area contributed by atoms with Crippen LogP contribution >= 0.6 is 11.3 Å². The molecule has 7 heteroatoms. The highest BCUT2D eigenvalue weighted by atomic mass is 32.1. The third kappa shape index (κ3) is 3.92. The summed E-state index contributed by atoms with van der Waals surface area (Å²) in [4.78, 5) is 35.2. The SMILES string of the molecule is CCOC(=O)c1cc(C)sc1NC(=O)c1cc(-c2ccncc2)nc2ccccc12. The second kappa shape index (κ2) is 8.42. The highest BCUT2D eigenvalue weighted by molar-refractivity contribution is 7.16. The number of thiophene rings is 1. The van der Waals surface area contributed by atoms with Gasteiger partial charge in [-0.05, 0) is 44.2 Å². The number of nitrogens with one attached hydrogen (secondary N) is 1. The van der Waals surface area contributed by atoms with Gasteiger partial charge in [0.25, 0.3) is 5.91 Å². The van der Waals surface area contributed by atoms with Crippen molar-refractivity contribution < 1.29 is 14.3 Å². The number of para-hydroxylation sites is 1. The molecule has 0 saturated heterocycles. The number of ether oxygens (including phenoxy) is 1. The predicted molar refractivity (Wildman–Crippen MR) is 118 cm³/mol. The van der Waals surface area contributed by atoms with Crippen molar-refractivity contribution in [2.24, 2.45) is 0 Å². The summed E-state index contributed by atoms with van der Waals surface area (Å²) in [5.41, 5.74) is 3.09. The summed E-state index contributed by atoms with van der Waals surface area (Å²) in [6.07, 6.45) is 3.37. The van der Waals surface area contributed by atoms with E-state index in [1.807, 2.05) is 43.3 Å². The maximum Gasteiger partial charge on any atom is 0.341 e. The number of carbonyl (C=O) groups is 2. The van der Waals surface area contributed by atoms with Gasteiger partial charge in [0.2, 0.25) is 0 Å². The Morgan fingerprint density at radius 1 is 1.07 bits per heavy atom. The van der Waals surface area contributed by atoms with Crippen molar-refractivity contribution in [2.45, 2.75) is 13.8 Å². The first kappa shape index (κ1) is 19.7. The fraction of sp³-hybridized carbons (Fsp3) is 0.130. The molecule has 4 rings (SSSR count). The highest BCUT2D eigenvalue weighted by Crippen LogP contribution is 2.30. The molecular weight excluding hydrogens is 398 g/mol. The number of hydrogen-bond donors (Lipinski definition) is 1.